The number of benzene rings is 2. The molecule has 2 aromatic carbocycles. The number of hydrogen-bond acceptors (Lipinski definition) is 5. The maximum Gasteiger partial charge on any atom is 0.221 e. The summed E-state index contributed by atoms with van der Waals surface area (Å²) in [6.07, 6.45) is 4.38. The van der Waals surface area contributed by atoms with Gasteiger partial charge in [0.1, 0.15) is 11.6 Å². The number of aromatic amines is 1. The Bertz CT molecular complexity index is 1280. The molecule has 9 heteroatoms. The molecule has 0 aliphatic carbocycles. The summed E-state index contributed by atoms with van der Waals surface area (Å²) in [5.74, 6) is 2.15. The predicted octanol–water partition coefficient (Wildman–Crippen LogP) is 3.86. The Morgan fingerprint density at radius 3 is 2.70 bits per heavy atom. The van der Waals surface area contributed by atoms with Crippen LogP contribution in [-0.2, 0) is 17.8 Å². The number of carbonyl (C=O) groups is 1. The number of para-hydroxylation sites is 1. The first-order chi connectivity index (χ1) is 16.1. The molecule has 2 aromatic heterocycles. The number of imidazole rings is 1. The second-order valence-electron chi connectivity index (χ2n) is 7.59. The van der Waals surface area contributed by atoms with Crippen LogP contribution in [0, 0.1) is 11.7 Å². The summed E-state index contributed by atoms with van der Waals surface area (Å²) in [6.45, 7) is 2.92. The van der Waals surface area contributed by atoms with Crippen molar-refractivity contribution >= 4 is 18.1 Å². The monoisotopic (exact) mass is 462 g/mol. The molecule has 0 aliphatic heterocycles. The molecular weight excluding hydrogens is 436 g/mol. The van der Waals surface area contributed by atoms with Gasteiger partial charge >= 0.3 is 0 Å². The molecule has 170 valence electrons. The number of methoxy groups -OCH3 is 1. The number of H-pyrrole nitrogens is 1. The van der Waals surface area contributed by atoms with Gasteiger partial charge in [-0.25, -0.2) is 9.67 Å². The van der Waals surface area contributed by atoms with Gasteiger partial charge in [-0.05, 0) is 43.4 Å². The molecule has 1 amide bonds. The SMILES string of the molecule is COc1ccccc1-c1nn(CCC(=O)NCCc2ncc[nH]2)c(=S)n1-c1ccc(C)cc1. The van der Waals surface area contributed by atoms with E-state index in [-0.39, 0.29) is 12.3 Å². The van der Waals surface area contributed by atoms with Crippen LogP contribution in [0.3, 0.4) is 0 Å². The molecule has 0 unspecified atom stereocenters. The first-order valence-electron chi connectivity index (χ1n) is 10.7. The Morgan fingerprint density at radius 2 is 1.97 bits per heavy atom. The average molecular weight is 463 g/mol. The number of aromatic nitrogens is 5. The molecule has 0 radical (unpaired) electrons. The van der Waals surface area contributed by atoms with Crippen molar-refractivity contribution in [2.45, 2.75) is 26.3 Å². The van der Waals surface area contributed by atoms with Crippen LogP contribution in [-0.4, -0.2) is 43.9 Å². The van der Waals surface area contributed by atoms with Gasteiger partial charge in [-0.15, -0.1) is 0 Å². The third-order valence-corrected chi connectivity index (χ3v) is 5.66. The molecule has 4 aromatic rings. The van der Waals surface area contributed by atoms with Crippen molar-refractivity contribution in [3.8, 4) is 22.8 Å². The summed E-state index contributed by atoms with van der Waals surface area (Å²) < 4.78 is 9.70. The molecule has 0 spiro atoms. The minimum atomic E-state index is -0.0628. The number of rotatable bonds is 9. The molecule has 0 saturated heterocycles. The highest BCUT2D eigenvalue weighted by molar-refractivity contribution is 7.71. The lowest BCUT2D eigenvalue weighted by Gasteiger charge is -2.10. The maximum absolute atomic E-state index is 12.4. The van der Waals surface area contributed by atoms with Gasteiger partial charge < -0.3 is 15.0 Å². The molecule has 4 rings (SSSR count). The topological polar surface area (TPSA) is 89.8 Å². The Labute approximate surface area is 197 Å². The number of ether oxygens (including phenoxy) is 1. The summed E-state index contributed by atoms with van der Waals surface area (Å²) in [6, 6.07) is 15.8. The van der Waals surface area contributed by atoms with E-state index in [1.54, 1.807) is 24.2 Å². The van der Waals surface area contributed by atoms with Gasteiger partial charge in [0.05, 0.1) is 19.2 Å². The summed E-state index contributed by atoms with van der Waals surface area (Å²) in [5, 5.41) is 7.70. The number of nitrogens with one attached hydrogen (secondary N) is 2. The van der Waals surface area contributed by atoms with Crippen molar-refractivity contribution in [2.75, 3.05) is 13.7 Å². The van der Waals surface area contributed by atoms with E-state index >= 15 is 0 Å². The van der Waals surface area contributed by atoms with Crippen molar-refractivity contribution in [1.82, 2.24) is 29.6 Å². The third-order valence-electron chi connectivity index (χ3n) is 5.27. The summed E-state index contributed by atoms with van der Waals surface area (Å²) in [7, 11) is 1.63. The van der Waals surface area contributed by atoms with Crippen LogP contribution in [0.15, 0.2) is 60.9 Å². The zero-order chi connectivity index (χ0) is 23.2. The average Bonchev–Trinajstić information content (AvgIpc) is 3.46. The molecule has 2 heterocycles. The van der Waals surface area contributed by atoms with Crippen LogP contribution in [0.25, 0.3) is 17.1 Å². The quantitative estimate of drug-likeness (QED) is 0.369. The zero-order valence-corrected chi connectivity index (χ0v) is 19.4. The van der Waals surface area contributed by atoms with E-state index in [0.717, 1.165) is 22.6 Å². The molecule has 0 fully saturated rings. The molecule has 0 atom stereocenters. The molecule has 0 bridgehead atoms. The van der Waals surface area contributed by atoms with Gasteiger partial charge in [0, 0.05) is 37.5 Å². The largest absolute Gasteiger partial charge is 0.496 e. The zero-order valence-electron chi connectivity index (χ0n) is 18.6. The minimum Gasteiger partial charge on any atom is -0.496 e. The van der Waals surface area contributed by atoms with Crippen LogP contribution in [0.2, 0.25) is 0 Å². The Kier molecular flexibility index (Phi) is 6.99. The lowest BCUT2D eigenvalue weighted by Crippen LogP contribution is -2.27. The highest BCUT2D eigenvalue weighted by Crippen LogP contribution is 2.30. The Balaban J connectivity index is 1.58. The van der Waals surface area contributed by atoms with Crippen LogP contribution in [0.5, 0.6) is 5.75 Å². The van der Waals surface area contributed by atoms with Crippen molar-refractivity contribution in [3.05, 3.63) is 77.1 Å². The minimum absolute atomic E-state index is 0.0628. The first kappa shape index (κ1) is 22.5. The highest BCUT2D eigenvalue weighted by atomic mass is 32.1. The number of hydrogen-bond donors (Lipinski definition) is 2. The fourth-order valence-electron chi connectivity index (χ4n) is 3.53. The van der Waals surface area contributed by atoms with Gasteiger partial charge in [0.25, 0.3) is 0 Å². The highest BCUT2D eigenvalue weighted by Gasteiger charge is 2.18. The molecule has 8 nitrogen and oxygen atoms in total. The standard InChI is InChI=1S/C24H26N6O2S/c1-17-7-9-18(10-8-17)30-23(19-5-3-4-6-20(19)32-2)28-29(24(30)33)16-12-22(31)27-13-11-21-25-14-15-26-21/h3-10,14-15H,11-13,16H2,1-2H3,(H,25,26)(H,27,31). The normalized spacial score (nSPS) is 10.8. The second-order valence-corrected chi connectivity index (χ2v) is 7.95. The Hall–Kier alpha value is -3.72. The molecular formula is C24H26N6O2S. The molecule has 2 N–H and O–H groups in total. The fraction of sp³-hybridized carbons (Fsp3) is 0.250. The van der Waals surface area contributed by atoms with E-state index in [0.29, 0.717) is 35.9 Å². The summed E-state index contributed by atoms with van der Waals surface area (Å²) in [5.41, 5.74) is 2.89. The Morgan fingerprint density at radius 1 is 1.18 bits per heavy atom. The second kappa shape index (κ2) is 10.3. The van der Waals surface area contributed by atoms with Crippen molar-refractivity contribution in [2.24, 2.45) is 0 Å². The van der Waals surface area contributed by atoms with Gasteiger partial charge in [0.15, 0.2) is 5.82 Å². The fourth-order valence-corrected chi connectivity index (χ4v) is 3.86. The van der Waals surface area contributed by atoms with E-state index in [4.69, 9.17) is 22.1 Å². The van der Waals surface area contributed by atoms with Gasteiger partial charge in [-0.3, -0.25) is 9.36 Å². The lowest BCUT2D eigenvalue weighted by atomic mass is 10.1. The molecule has 33 heavy (non-hydrogen) atoms. The smallest absolute Gasteiger partial charge is 0.221 e. The van der Waals surface area contributed by atoms with Crippen LogP contribution >= 0.6 is 12.2 Å². The number of nitrogens with zero attached hydrogens (tertiary/aromatic N) is 4. The van der Waals surface area contributed by atoms with Crippen molar-refractivity contribution in [1.29, 1.82) is 0 Å². The van der Waals surface area contributed by atoms with Gasteiger partial charge in [-0.1, -0.05) is 29.8 Å². The lowest BCUT2D eigenvalue weighted by molar-refractivity contribution is -0.121. The van der Waals surface area contributed by atoms with E-state index in [1.807, 2.05) is 60.0 Å². The molecule has 0 saturated carbocycles. The number of carbonyl (C=O) groups excluding carboxylic acids is 1. The van der Waals surface area contributed by atoms with E-state index in [1.165, 1.54) is 0 Å². The predicted molar refractivity (Wildman–Crippen MR) is 129 cm³/mol. The summed E-state index contributed by atoms with van der Waals surface area (Å²) in [4.78, 5) is 19.6. The van der Waals surface area contributed by atoms with Crippen molar-refractivity contribution < 1.29 is 9.53 Å². The summed E-state index contributed by atoms with van der Waals surface area (Å²) >= 11 is 5.78. The maximum atomic E-state index is 12.4. The molecule has 0 aliphatic rings. The van der Waals surface area contributed by atoms with E-state index in [2.05, 4.69) is 15.3 Å². The van der Waals surface area contributed by atoms with Crippen LogP contribution in [0.4, 0.5) is 0 Å². The van der Waals surface area contributed by atoms with Crippen molar-refractivity contribution in [3.63, 3.8) is 0 Å². The number of amides is 1. The van der Waals surface area contributed by atoms with Crippen LogP contribution < -0.4 is 10.1 Å². The number of aryl methyl sites for hydroxylation is 2. The van der Waals surface area contributed by atoms with Crippen LogP contribution in [0.1, 0.15) is 17.8 Å². The van der Waals surface area contributed by atoms with E-state index in [9.17, 15) is 4.79 Å². The van der Waals surface area contributed by atoms with E-state index < -0.39 is 0 Å². The van der Waals surface area contributed by atoms with Gasteiger partial charge in [0.2, 0.25) is 10.7 Å². The first-order valence-corrected chi connectivity index (χ1v) is 11.1. The van der Waals surface area contributed by atoms with Gasteiger partial charge in [-0.2, -0.15) is 5.10 Å². The third kappa shape index (κ3) is 5.20.